The van der Waals surface area contributed by atoms with Gasteiger partial charge >= 0.3 is 5.69 Å². The SMILES string of the molecule is CC(C)(C)c1cc(S(=O)(=O)O)cc2c(=O)[nH]c(=O)[nH]c12. The molecule has 0 amide bonds. The lowest BCUT2D eigenvalue weighted by atomic mass is 9.85. The van der Waals surface area contributed by atoms with E-state index in [1.807, 2.05) is 4.98 Å². The largest absolute Gasteiger partial charge is 0.326 e. The number of hydrogen-bond donors (Lipinski definition) is 3. The van der Waals surface area contributed by atoms with Crippen molar-refractivity contribution in [2.45, 2.75) is 31.1 Å². The van der Waals surface area contributed by atoms with Crippen LogP contribution in [0.1, 0.15) is 26.3 Å². The van der Waals surface area contributed by atoms with Crippen LogP contribution < -0.4 is 11.2 Å². The molecule has 0 unspecified atom stereocenters. The van der Waals surface area contributed by atoms with Gasteiger partial charge in [0.1, 0.15) is 0 Å². The van der Waals surface area contributed by atoms with Crippen LogP contribution >= 0.6 is 0 Å². The summed E-state index contributed by atoms with van der Waals surface area (Å²) in [6.45, 7) is 5.40. The summed E-state index contributed by atoms with van der Waals surface area (Å²) in [6, 6.07) is 2.29. The van der Waals surface area contributed by atoms with E-state index in [4.69, 9.17) is 0 Å². The predicted octanol–water partition coefficient (Wildman–Crippen LogP) is 0.761. The molecule has 0 saturated carbocycles. The van der Waals surface area contributed by atoms with Crippen molar-refractivity contribution in [2.75, 3.05) is 0 Å². The topological polar surface area (TPSA) is 120 Å². The molecule has 0 saturated heterocycles. The number of aromatic nitrogens is 2. The van der Waals surface area contributed by atoms with E-state index in [-0.39, 0.29) is 15.8 Å². The fourth-order valence-electron chi connectivity index (χ4n) is 1.99. The van der Waals surface area contributed by atoms with Crippen molar-refractivity contribution in [1.82, 2.24) is 9.97 Å². The van der Waals surface area contributed by atoms with Crippen LogP contribution in [-0.2, 0) is 15.5 Å². The Bertz CT molecular complexity index is 900. The third-order valence-electron chi connectivity index (χ3n) is 2.93. The van der Waals surface area contributed by atoms with Crippen molar-refractivity contribution in [1.29, 1.82) is 0 Å². The second-order valence-corrected chi connectivity index (χ2v) is 6.95. The zero-order chi connectivity index (χ0) is 15.3. The molecule has 0 aliphatic heterocycles. The lowest BCUT2D eigenvalue weighted by Gasteiger charge is -2.21. The molecule has 0 spiro atoms. The Kier molecular flexibility index (Phi) is 3.10. The van der Waals surface area contributed by atoms with Crippen LogP contribution in [0.3, 0.4) is 0 Å². The van der Waals surface area contributed by atoms with Gasteiger partial charge in [-0.05, 0) is 23.1 Å². The number of H-pyrrole nitrogens is 2. The van der Waals surface area contributed by atoms with E-state index >= 15 is 0 Å². The number of fused-ring (bicyclic) bond motifs is 1. The van der Waals surface area contributed by atoms with Crippen molar-refractivity contribution in [3.8, 4) is 0 Å². The van der Waals surface area contributed by atoms with E-state index in [9.17, 15) is 22.6 Å². The first-order valence-electron chi connectivity index (χ1n) is 5.78. The molecule has 0 radical (unpaired) electrons. The van der Waals surface area contributed by atoms with Gasteiger partial charge in [-0.15, -0.1) is 0 Å². The van der Waals surface area contributed by atoms with Crippen LogP contribution in [-0.4, -0.2) is 22.9 Å². The highest BCUT2D eigenvalue weighted by atomic mass is 32.2. The Morgan fingerprint density at radius 2 is 1.70 bits per heavy atom. The maximum atomic E-state index is 11.8. The molecule has 1 aromatic carbocycles. The van der Waals surface area contributed by atoms with Gasteiger partial charge in [0.25, 0.3) is 15.7 Å². The molecule has 0 atom stereocenters. The Labute approximate surface area is 114 Å². The number of aromatic amines is 2. The average molecular weight is 298 g/mol. The third-order valence-corrected chi connectivity index (χ3v) is 3.76. The lowest BCUT2D eigenvalue weighted by Crippen LogP contribution is -2.25. The van der Waals surface area contributed by atoms with Crippen molar-refractivity contribution in [2.24, 2.45) is 0 Å². The van der Waals surface area contributed by atoms with Gasteiger partial charge in [0.15, 0.2) is 0 Å². The Balaban J connectivity index is 3.09. The summed E-state index contributed by atoms with van der Waals surface area (Å²) in [5.41, 5.74) is -1.20. The Hall–Kier alpha value is -1.93. The van der Waals surface area contributed by atoms with Gasteiger partial charge in [0.05, 0.1) is 15.8 Å². The van der Waals surface area contributed by atoms with Crippen molar-refractivity contribution in [3.63, 3.8) is 0 Å². The van der Waals surface area contributed by atoms with E-state index in [1.165, 1.54) is 6.07 Å². The van der Waals surface area contributed by atoms with Crippen LogP contribution in [0, 0.1) is 0 Å². The molecule has 2 rings (SSSR count). The highest BCUT2D eigenvalue weighted by molar-refractivity contribution is 7.85. The van der Waals surface area contributed by atoms with E-state index < -0.39 is 26.8 Å². The first-order chi connectivity index (χ1) is 9.00. The summed E-state index contributed by atoms with van der Waals surface area (Å²) >= 11 is 0. The minimum atomic E-state index is -4.45. The molecule has 20 heavy (non-hydrogen) atoms. The maximum Gasteiger partial charge on any atom is 0.326 e. The molecule has 3 N–H and O–H groups in total. The van der Waals surface area contributed by atoms with Gasteiger partial charge in [-0.3, -0.25) is 14.3 Å². The van der Waals surface area contributed by atoms with Gasteiger partial charge in [-0.1, -0.05) is 20.8 Å². The Morgan fingerprint density at radius 1 is 1.10 bits per heavy atom. The fourth-order valence-corrected chi connectivity index (χ4v) is 2.52. The fraction of sp³-hybridized carbons (Fsp3) is 0.333. The molecule has 1 aromatic heterocycles. The number of benzene rings is 1. The van der Waals surface area contributed by atoms with Gasteiger partial charge in [0.2, 0.25) is 0 Å². The first kappa shape index (κ1) is 14.5. The summed E-state index contributed by atoms with van der Waals surface area (Å²) in [5, 5.41) is 0.00431. The van der Waals surface area contributed by atoms with Gasteiger partial charge < -0.3 is 4.98 Å². The van der Waals surface area contributed by atoms with E-state index in [1.54, 1.807) is 20.8 Å². The number of rotatable bonds is 1. The highest BCUT2D eigenvalue weighted by Crippen LogP contribution is 2.29. The molecule has 108 valence electrons. The summed E-state index contributed by atoms with van der Waals surface area (Å²) in [4.78, 5) is 27.3. The molecule has 0 bridgehead atoms. The Morgan fingerprint density at radius 3 is 2.20 bits per heavy atom. The summed E-state index contributed by atoms with van der Waals surface area (Å²) in [6.07, 6.45) is 0. The molecular weight excluding hydrogens is 284 g/mol. The van der Waals surface area contributed by atoms with E-state index in [0.717, 1.165) is 6.07 Å². The standard InChI is InChI=1S/C12H14N2O5S/c1-12(2,3)8-5-6(20(17,18)19)4-7-9(8)13-11(16)14-10(7)15/h4-5H,1-3H3,(H,17,18,19)(H2,13,14,15,16). The van der Waals surface area contributed by atoms with E-state index in [2.05, 4.69) is 4.98 Å². The quantitative estimate of drug-likeness (QED) is 0.671. The van der Waals surface area contributed by atoms with Crippen LogP contribution in [0.4, 0.5) is 0 Å². The van der Waals surface area contributed by atoms with Gasteiger partial charge in [0, 0.05) is 0 Å². The minimum absolute atomic E-state index is 0.00431. The van der Waals surface area contributed by atoms with Crippen LogP contribution in [0.2, 0.25) is 0 Å². The van der Waals surface area contributed by atoms with Crippen molar-refractivity contribution in [3.05, 3.63) is 38.5 Å². The average Bonchev–Trinajstić information content (AvgIpc) is 2.24. The smallest absolute Gasteiger partial charge is 0.307 e. The molecule has 0 aliphatic rings. The van der Waals surface area contributed by atoms with Crippen molar-refractivity contribution < 1.29 is 13.0 Å². The van der Waals surface area contributed by atoms with Crippen LogP contribution in [0.5, 0.6) is 0 Å². The second-order valence-electron chi connectivity index (χ2n) is 5.53. The van der Waals surface area contributed by atoms with Crippen LogP contribution in [0.25, 0.3) is 10.9 Å². The summed E-state index contributed by atoms with van der Waals surface area (Å²) < 4.78 is 31.8. The number of nitrogens with one attached hydrogen (secondary N) is 2. The third kappa shape index (κ3) is 2.52. The summed E-state index contributed by atoms with van der Waals surface area (Å²) in [7, 11) is -4.45. The van der Waals surface area contributed by atoms with Crippen LogP contribution in [0.15, 0.2) is 26.6 Å². The zero-order valence-corrected chi connectivity index (χ0v) is 12.0. The summed E-state index contributed by atoms with van der Waals surface area (Å²) in [5.74, 6) is 0. The molecule has 7 nitrogen and oxygen atoms in total. The maximum absolute atomic E-state index is 11.8. The second kappa shape index (κ2) is 4.29. The molecular formula is C12H14N2O5S. The van der Waals surface area contributed by atoms with Gasteiger partial charge in [-0.2, -0.15) is 8.42 Å². The molecule has 1 heterocycles. The van der Waals surface area contributed by atoms with E-state index in [0.29, 0.717) is 5.56 Å². The highest BCUT2D eigenvalue weighted by Gasteiger charge is 2.23. The predicted molar refractivity (Wildman–Crippen MR) is 73.7 cm³/mol. The molecule has 2 aromatic rings. The van der Waals surface area contributed by atoms with Crippen molar-refractivity contribution >= 4 is 21.0 Å². The molecule has 8 heteroatoms. The minimum Gasteiger partial charge on any atom is -0.307 e. The first-order valence-corrected chi connectivity index (χ1v) is 7.22. The van der Waals surface area contributed by atoms with Gasteiger partial charge in [-0.25, -0.2) is 4.79 Å². The molecule has 0 aliphatic carbocycles. The number of hydrogen-bond acceptors (Lipinski definition) is 4. The lowest BCUT2D eigenvalue weighted by molar-refractivity contribution is 0.483. The molecule has 0 fully saturated rings. The zero-order valence-electron chi connectivity index (χ0n) is 11.1. The normalized spacial score (nSPS) is 12.8. The monoisotopic (exact) mass is 298 g/mol.